The molecule has 0 amide bonds. The van der Waals surface area contributed by atoms with Crippen LogP contribution >= 0.6 is 0 Å². The van der Waals surface area contributed by atoms with Gasteiger partial charge in [-0.3, -0.25) is 0 Å². The fourth-order valence-electron chi connectivity index (χ4n) is 3.07. The van der Waals surface area contributed by atoms with Gasteiger partial charge in [0.05, 0.1) is 6.07 Å². The first-order valence-electron chi connectivity index (χ1n) is 8.57. The van der Waals surface area contributed by atoms with Gasteiger partial charge in [-0.05, 0) is 44.1 Å². The average molecular weight is 350 g/mol. The minimum absolute atomic E-state index is 0.225. The molecule has 6 heteroatoms. The van der Waals surface area contributed by atoms with Crippen LogP contribution in [0.3, 0.4) is 0 Å². The number of piperidine rings is 1. The van der Waals surface area contributed by atoms with Gasteiger partial charge in [0.2, 0.25) is 0 Å². The van der Waals surface area contributed by atoms with E-state index in [0.717, 1.165) is 25.7 Å². The molecule has 0 atom stereocenters. The molecule has 1 aliphatic rings. The Hall–Kier alpha value is -1.42. The Morgan fingerprint density at radius 3 is 2.46 bits per heavy atom. The lowest BCUT2D eigenvalue weighted by Gasteiger charge is -2.33. The van der Waals surface area contributed by atoms with Gasteiger partial charge in [-0.1, -0.05) is 29.8 Å². The summed E-state index contributed by atoms with van der Waals surface area (Å²) in [5, 5.41) is 8.61. The molecule has 2 rings (SSSR count). The van der Waals surface area contributed by atoms with Gasteiger partial charge >= 0.3 is 0 Å². The van der Waals surface area contributed by atoms with E-state index in [2.05, 4.69) is 31.2 Å². The van der Waals surface area contributed by atoms with Crippen molar-refractivity contribution in [3.05, 3.63) is 35.4 Å². The van der Waals surface area contributed by atoms with Crippen LogP contribution in [-0.2, 0) is 16.6 Å². The maximum Gasteiger partial charge on any atom is 0.281 e. The van der Waals surface area contributed by atoms with Crippen LogP contribution in [0.4, 0.5) is 0 Å². The maximum atomic E-state index is 12.5. The molecular weight excluding hydrogens is 322 g/mol. The van der Waals surface area contributed by atoms with Crippen molar-refractivity contribution in [1.82, 2.24) is 8.61 Å². The molecule has 1 fully saturated rings. The normalized spacial score (nSPS) is 17.1. The molecule has 0 N–H and O–H groups in total. The van der Waals surface area contributed by atoms with Gasteiger partial charge in [-0.25, -0.2) is 0 Å². The fraction of sp³-hybridized carbons (Fsp3) is 0.611. The molecule has 0 aromatic heterocycles. The zero-order chi connectivity index (χ0) is 17.6. The van der Waals surface area contributed by atoms with Gasteiger partial charge in [-0.2, -0.15) is 22.3 Å². The molecule has 0 unspecified atom stereocenters. The second-order valence-corrected chi connectivity index (χ2v) is 8.64. The third-order valence-corrected chi connectivity index (χ3v) is 6.78. The first-order chi connectivity index (χ1) is 11.4. The fourth-order valence-corrected chi connectivity index (χ4v) is 4.46. The highest BCUT2D eigenvalue weighted by Crippen LogP contribution is 2.25. The lowest BCUT2D eigenvalue weighted by molar-refractivity contribution is 0.251. The summed E-state index contributed by atoms with van der Waals surface area (Å²) in [6.07, 6.45) is 4.22. The Labute approximate surface area is 146 Å². The SMILES string of the molecule is Cc1ccc(CCC2CCN(S(=O)(=O)N(C)CCC#N)CC2)cc1. The van der Waals surface area contributed by atoms with Gasteiger partial charge in [0.25, 0.3) is 10.2 Å². The minimum Gasteiger partial charge on any atom is -0.198 e. The van der Waals surface area contributed by atoms with Crippen LogP contribution in [0.2, 0.25) is 0 Å². The number of nitriles is 1. The van der Waals surface area contributed by atoms with E-state index in [4.69, 9.17) is 5.26 Å². The van der Waals surface area contributed by atoms with Crippen molar-refractivity contribution in [2.75, 3.05) is 26.7 Å². The summed E-state index contributed by atoms with van der Waals surface area (Å²) in [7, 11) is -1.86. The van der Waals surface area contributed by atoms with Crippen LogP contribution in [-0.4, -0.2) is 43.7 Å². The van der Waals surface area contributed by atoms with E-state index in [9.17, 15) is 8.42 Å². The molecule has 1 aromatic carbocycles. The van der Waals surface area contributed by atoms with Crippen molar-refractivity contribution in [3.8, 4) is 6.07 Å². The highest BCUT2D eigenvalue weighted by Gasteiger charge is 2.30. The molecule has 0 saturated carbocycles. The first-order valence-corrected chi connectivity index (χ1v) is 9.97. The van der Waals surface area contributed by atoms with E-state index in [1.807, 2.05) is 6.07 Å². The van der Waals surface area contributed by atoms with Crippen LogP contribution in [0, 0.1) is 24.2 Å². The molecule has 1 heterocycles. The summed E-state index contributed by atoms with van der Waals surface area (Å²) in [5.41, 5.74) is 2.63. The highest BCUT2D eigenvalue weighted by atomic mass is 32.2. The molecule has 1 saturated heterocycles. The summed E-state index contributed by atoms with van der Waals surface area (Å²) < 4.78 is 27.8. The summed E-state index contributed by atoms with van der Waals surface area (Å²) >= 11 is 0. The minimum atomic E-state index is -3.41. The Morgan fingerprint density at radius 1 is 1.25 bits per heavy atom. The standard InChI is InChI=1S/C18H27N3O2S/c1-16-4-6-17(7-5-16)8-9-18-10-14-21(15-11-18)24(22,23)20(2)13-3-12-19/h4-7,18H,3,8-11,13-15H2,1-2H3. The van der Waals surface area contributed by atoms with Crippen molar-refractivity contribution < 1.29 is 8.42 Å². The zero-order valence-electron chi connectivity index (χ0n) is 14.6. The van der Waals surface area contributed by atoms with E-state index < -0.39 is 10.2 Å². The van der Waals surface area contributed by atoms with E-state index in [1.54, 1.807) is 11.4 Å². The lowest BCUT2D eigenvalue weighted by Crippen LogP contribution is -2.46. The highest BCUT2D eigenvalue weighted by molar-refractivity contribution is 7.86. The maximum absolute atomic E-state index is 12.5. The molecular formula is C18H27N3O2S. The Morgan fingerprint density at radius 2 is 1.88 bits per heavy atom. The van der Waals surface area contributed by atoms with Crippen molar-refractivity contribution in [1.29, 1.82) is 5.26 Å². The van der Waals surface area contributed by atoms with Gasteiger partial charge in [0.1, 0.15) is 0 Å². The van der Waals surface area contributed by atoms with Crippen molar-refractivity contribution >= 4 is 10.2 Å². The van der Waals surface area contributed by atoms with Crippen LogP contribution in [0.1, 0.15) is 36.8 Å². The van der Waals surface area contributed by atoms with Crippen LogP contribution in [0.15, 0.2) is 24.3 Å². The summed E-state index contributed by atoms with van der Waals surface area (Å²) in [6, 6.07) is 10.6. The van der Waals surface area contributed by atoms with Gasteiger partial charge < -0.3 is 0 Å². The zero-order valence-corrected chi connectivity index (χ0v) is 15.4. The molecule has 0 bridgehead atoms. The third-order valence-electron chi connectivity index (χ3n) is 4.79. The molecule has 24 heavy (non-hydrogen) atoms. The van der Waals surface area contributed by atoms with Gasteiger partial charge in [0, 0.05) is 33.1 Å². The monoisotopic (exact) mass is 349 g/mol. The van der Waals surface area contributed by atoms with E-state index >= 15 is 0 Å². The van der Waals surface area contributed by atoms with E-state index in [-0.39, 0.29) is 13.0 Å². The number of nitrogens with zero attached hydrogens (tertiary/aromatic N) is 3. The second kappa shape index (κ2) is 8.61. The predicted molar refractivity (Wildman–Crippen MR) is 95.6 cm³/mol. The quantitative estimate of drug-likeness (QED) is 0.760. The van der Waals surface area contributed by atoms with Gasteiger partial charge in [0.15, 0.2) is 0 Å². The smallest absolute Gasteiger partial charge is 0.198 e. The van der Waals surface area contributed by atoms with Crippen LogP contribution in [0.25, 0.3) is 0 Å². The molecule has 132 valence electrons. The molecule has 0 radical (unpaired) electrons. The van der Waals surface area contributed by atoms with E-state index in [1.165, 1.54) is 15.4 Å². The number of hydrogen-bond acceptors (Lipinski definition) is 3. The van der Waals surface area contributed by atoms with Crippen molar-refractivity contribution in [3.63, 3.8) is 0 Å². The lowest BCUT2D eigenvalue weighted by atomic mass is 9.91. The molecule has 0 aliphatic carbocycles. The van der Waals surface area contributed by atoms with Crippen LogP contribution in [0.5, 0.6) is 0 Å². The average Bonchev–Trinajstić information content (AvgIpc) is 2.59. The molecule has 5 nitrogen and oxygen atoms in total. The summed E-state index contributed by atoms with van der Waals surface area (Å²) in [4.78, 5) is 0. The van der Waals surface area contributed by atoms with Gasteiger partial charge in [-0.15, -0.1) is 0 Å². The number of aryl methyl sites for hydroxylation is 2. The van der Waals surface area contributed by atoms with Crippen LogP contribution < -0.4 is 0 Å². The first kappa shape index (κ1) is 18.9. The van der Waals surface area contributed by atoms with E-state index in [0.29, 0.717) is 19.0 Å². The Kier molecular flexibility index (Phi) is 6.79. The Bertz CT molecular complexity index is 656. The molecule has 1 aliphatic heterocycles. The number of hydrogen-bond donors (Lipinski definition) is 0. The predicted octanol–water partition coefficient (Wildman–Crippen LogP) is 2.73. The third kappa shape index (κ3) is 5.04. The van der Waals surface area contributed by atoms with Crippen molar-refractivity contribution in [2.24, 2.45) is 5.92 Å². The Balaban J connectivity index is 1.80. The van der Waals surface area contributed by atoms with Crippen molar-refractivity contribution in [2.45, 2.75) is 39.0 Å². The molecule has 0 spiro atoms. The second-order valence-electron chi connectivity index (χ2n) is 6.60. The largest absolute Gasteiger partial charge is 0.281 e. The molecule has 1 aromatic rings. The topological polar surface area (TPSA) is 64.4 Å². The summed E-state index contributed by atoms with van der Waals surface area (Å²) in [6.45, 7) is 3.51. The number of rotatable bonds is 7. The summed E-state index contributed by atoms with van der Waals surface area (Å²) in [5.74, 6) is 0.585. The number of benzene rings is 1.